The van der Waals surface area contributed by atoms with Crippen molar-refractivity contribution in [3.63, 3.8) is 0 Å². The van der Waals surface area contributed by atoms with E-state index in [9.17, 15) is 0 Å². The minimum Gasteiger partial charge on any atom is -0.396 e. The van der Waals surface area contributed by atoms with Crippen LogP contribution in [0, 0.1) is 11.8 Å². The summed E-state index contributed by atoms with van der Waals surface area (Å²) in [5, 5.41) is 8.75. The molecule has 0 bridgehead atoms. The Hall–Kier alpha value is -0.910. The van der Waals surface area contributed by atoms with Gasteiger partial charge in [-0.1, -0.05) is 30.0 Å². The molecule has 0 unspecified atom stereocenters. The number of benzene rings is 1. The fraction of sp³-hybridized carbons (Fsp3) is 0.385. The summed E-state index contributed by atoms with van der Waals surface area (Å²) in [6.45, 7) is 4.35. The van der Waals surface area contributed by atoms with Gasteiger partial charge in [-0.3, -0.25) is 0 Å². The van der Waals surface area contributed by atoms with Crippen LogP contribution < -0.4 is 0 Å². The van der Waals surface area contributed by atoms with Crippen molar-refractivity contribution in [1.82, 2.24) is 0 Å². The zero-order valence-corrected chi connectivity index (χ0v) is 9.97. The molecule has 0 saturated heterocycles. The van der Waals surface area contributed by atoms with E-state index < -0.39 is 0 Å². The van der Waals surface area contributed by atoms with E-state index in [0.717, 1.165) is 11.3 Å². The summed E-state index contributed by atoms with van der Waals surface area (Å²) < 4.78 is -0.0986. The highest BCUT2D eigenvalue weighted by atomic mass is 32.2. The molecule has 0 radical (unpaired) electrons. The first-order chi connectivity index (χ1) is 7.14. The maximum Gasteiger partial charge on any atom is 0.0713 e. The molecule has 15 heavy (non-hydrogen) atoms. The number of aliphatic hydroxyl groups is 1. The molecule has 0 atom stereocenters. The monoisotopic (exact) mass is 220 g/mol. The second kappa shape index (κ2) is 5.85. The first kappa shape index (κ1) is 12.2. The normalized spacial score (nSPS) is 10.6. The fourth-order valence-electron chi connectivity index (χ4n) is 1.08. The first-order valence-corrected chi connectivity index (χ1v) is 5.96. The van der Waals surface area contributed by atoms with Crippen LogP contribution in [0.1, 0.15) is 19.4 Å². The van der Waals surface area contributed by atoms with Crippen LogP contribution in [0.2, 0.25) is 0 Å². The maximum absolute atomic E-state index is 8.75. The van der Waals surface area contributed by atoms with Gasteiger partial charge in [-0.05, 0) is 26.0 Å². The molecule has 1 aromatic carbocycles. The van der Waals surface area contributed by atoms with Crippen molar-refractivity contribution in [3.8, 4) is 11.8 Å². The highest BCUT2D eigenvalue weighted by Crippen LogP contribution is 2.22. The van der Waals surface area contributed by atoms with Gasteiger partial charge in [-0.2, -0.15) is 0 Å². The average molecular weight is 220 g/mol. The highest BCUT2D eigenvalue weighted by Gasteiger charge is 2.13. The SMILES string of the molecule is CC(C)(C#Cc1ccccc1)SCCO. The third-order valence-corrected chi connectivity index (χ3v) is 3.05. The van der Waals surface area contributed by atoms with Crippen molar-refractivity contribution in [2.24, 2.45) is 0 Å². The Bertz CT molecular complexity index is 346. The van der Waals surface area contributed by atoms with Crippen molar-refractivity contribution in [2.45, 2.75) is 18.6 Å². The summed E-state index contributed by atoms with van der Waals surface area (Å²) in [7, 11) is 0. The molecule has 0 amide bonds. The Morgan fingerprint density at radius 2 is 1.93 bits per heavy atom. The lowest BCUT2D eigenvalue weighted by molar-refractivity contribution is 0.322. The molecule has 0 aliphatic rings. The number of rotatable bonds is 3. The lowest BCUT2D eigenvalue weighted by atomic mass is 10.1. The number of thioether (sulfide) groups is 1. The van der Waals surface area contributed by atoms with Gasteiger partial charge in [0.2, 0.25) is 0 Å². The standard InChI is InChI=1S/C13H16OS/c1-13(2,15-11-10-14)9-8-12-6-4-3-5-7-12/h3-7,14H,10-11H2,1-2H3. The van der Waals surface area contributed by atoms with Gasteiger partial charge in [-0.25, -0.2) is 0 Å². The molecule has 1 rings (SSSR count). The van der Waals surface area contributed by atoms with Gasteiger partial charge in [0.05, 0.1) is 11.4 Å². The summed E-state index contributed by atoms with van der Waals surface area (Å²) in [6, 6.07) is 9.95. The van der Waals surface area contributed by atoms with Crippen LogP contribution in [0.3, 0.4) is 0 Å². The Morgan fingerprint density at radius 3 is 2.53 bits per heavy atom. The summed E-state index contributed by atoms with van der Waals surface area (Å²) in [5.41, 5.74) is 1.04. The summed E-state index contributed by atoms with van der Waals surface area (Å²) in [4.78, 5) is 0. The van der Waals surface area contributed by atoms with E-state index in [-0.39, 0.29) is 11.4 Å². The van der Waals surface area contributed by atoms with Gasteiger partial charge in [0.25, 0.3) is 0 Å². The predicted molar refractivity (Wildman–Crippen MR) is 66.9 cm³/mol. The molecular formula is C13H16OS. The van der Waals surface area contributed by atoms with Crippen LogP contribution >= 0.6 is 11.8 Å². The molecule has 0 saturated carbocycles. The van der Waals surface area contributed by atoms with Crippen LogP contribution in [-0.4, -0.2) is 22.2 Å². The van der Waals surface area contributed by atoms with Crippen molar-refractivity contribution in [3.05, 3.63) is 35.9 Å². The van der Waals surface area contributed by atoms with Crippen molar-refractivity contribution in [2.75, 3.05) is 12.4 Å². The quantitative estimate of drug-likeness (QED) is 0.790. The van der Waals surface area contributed by atoms with Crippen LogP contribution in [0.15, 0.2) is 30.3 Å². The Balaban J connectivity index is 2.64. The second-order valence-electron chi connectivity index (χ2n) is 3.70. The number of aliphatic hydroxyl groups excluding tert-OH is 1. The highest BCUT2D eigenvalue weighted by molar-refractivity contribution is 8.00. The third kappa shape index (κ3) is 4.92. The van der Waals surface area contributed by atoms with E-state index >= 15 is 0 Å². The van der Waals surface area contributed by atoms with E-state index in [2.05, 4.69) is 25.7 Å². The summed E-state index contributed by atoms with van der Waals surface area (Å²) >= 11 is 1.67. The molecule has 2 heteroatoms. The minimum absolute atomic E-state index is 0.0986. The first-order valence-electron chi connectivity index (χ1n) is 4.97. The average Bonchev–Trinajstić information content (AvgIpc) is 2.25. The van der Waals surface area contributed by atoms with Gasteiger partial charge in [0.15, 0.2) is 0 Å². The van der Waals surface area contributed by atoms with Crippen molar-refractivity contribution < 1.29 is 5.11 Å². The van der Waals surface area contributed by atoms with Crippen LogP contribution in [-0.2, 0) is 0 Å². The predicted octanol–water partition coefficient (Wildman–Crippen LogP) is 2.54. The molecular weight excluding hydrogens is 204 g/mol. The molecule has 0 spiro atoms. The molecule has 0 heterocycles. The largest absolute Gasteiger partial charge is 0.396 e. The second-order valence-corrected chi connectivity index (χ2v) is 5.42. The molecule has 0 aliphatic carbocycles. The Morgan fingerprint density at radius 1 is 1.27 bits per heavy atom. The minimum atomic E-state index is -0.0986. The van der Waals surface area contributed by atoms with Crippen LogP contribution in [0.5, 0.6) is 0 Å². The summed E-state index contributed by atoms with van der Waals surface area (Å²) in [6.07, 6.45) is 0. The van der Waals surface area contributed by atoms with E-state index in [4.69, 9.17) is 5.11 Å². The Labute approximate surface area is 95.9 Å². The van der Waals surface area contributed by atoms with E-state index in [1.54, 1.807) is 11.8 Å². The zero-order valence-electron chi connectivity index (χ0n) is 9.16. The van der Waals surface area contributed by atoms with Gasteiger partial charge < -0.3 is 5.11 Å². The van der Waals surface area contributed by atoms with Gasteiger partial charge >= 0.3 is 0 Å². The lowest BCUT2D eigenvalue weighted by Gasteiger charge is -2.15. The van der Waals surface area contributed by atoms with Gasteiger partial charge in [-0.15, -0.1) is 11.8 Å². The number of hydrogen-bond donors (Lipinski definition) is 1. The van der Waals surface area contributed by atoms with Crippen LogP contribution in [0.4, 0.5) is 0 Å². The molecule has 1 nitrogen and oxygen atoms in total. The molecule has 80 valence electrons. The van der Waals surface area contributed by atoms with E-state index in [0.29, 0.717) is 0 Å². The van der Waals surface area contributed by atoms with Gasteiger partial charge in [0, 0.05) is 11.3 Å². The van der Waals surface area contributed by atoms with E-state index in [1.807, 2.05) is 30.3 Å². The fourth-order valence-corrected chi connectivity index (χ4v) is 1.81. The van der Waals surface area contributed by atoms with Crippen molar-refractivity contribution >= 4 is 11.8 Å². The number of hydrogen-bond acceptors (Lipinski definition) is 2. The lowest BCUT2D eigenvalue weighted by Crippen LogP contribution is -2.13. The molecule has 1 N–H and O–H groups in total. The molecule has 0 aliphatic heterocycles. The Kier molecular flexibility index (Phi) is 4.74. The zero-order chi connectivity index (χ0) is 11.1. The maximum atomic E-state index is 8.75. The molecule has 0 fully saturated rings. The molecule has 0 aromatic heterocycles. The smallest absolute Gasteiger partial charge is 0.0713 e. The third-order valence-electron chi connectivity index (χ3n) is 1.84. The van der Waals surface area contributed by atoms with Crippen LogP contribution in [0.25, 0.3) is 0 Å². The molecule has 1 aromatic rings. The van der Waals surface area contributed by atoms with Crippen molar-refractivity contribution in [1.29, 1.82) is 0 Å². The van der Waals surface area contributed by atoms with Gasteiger partial charge in [0.1, 0.15) is 0 Å². The topological polar surface area (TPSA) is 20.2 Å². The van der Waals surface area contributed by atoms with E-state index in [1.165, 1.54) is 0 Å². The summed E-state index contributed by atoms with van der Waals surface area (Å²) in [5.74, 6) is 7.09.